The van der Waals surface area contributed by atoms with Gasteiger partial charge in [-0.3, -0.25) is 9.78 Å². The molecule has 2 atom stereocenters. The Balaban J connectivity index is 1.33. The van der Waals surface area contributed by atoms with Crippen molar-refractivity contribution >= 4 is 11.6 Å². The minimum atomic E-state index is 0.0815. The molecule has 0 aliphatic carbocycles. The summed E-state index contributed by atoms with van der Waals surface area (Å²) in [5.74, 6) is 0.825. The monoisotopic (exact) mass is 378 g/mol. The van der Waals surface area contributed by atoms with Crippen molar-refractivity contribution in [3.05, 3.63) is 48.3 Å². The maximum absolute atomic E-state index is 12.6. The van der Waals surface area contributed by atoms with E-state index in [-0.39, 0.29) is 5.91 Å². The average Bonchev–Trinajstić information content (AvgIpc) is 3.11. The minimum absolute atomic E-state index is 0.0815. The number of benzene rings is 1. The highest BCUT2D eigenvalue weighted by molar-refractivity contribution is 5.94. The summed E-state index contributed by atoms with van der Waals surface area (Å²) in [4.78, 5) is 21.4. The number of hydrogen-bond acceptors (Lipinski definition) is 5. The molecule has 28 heavy (non-hydrogen) atoms. The van der Waals surface area contributed by atoms with Gasteiger partial charge in [-0.15, -0.1) is 0 Å². The molecule has 6 nitrogen and oxygen atoms in total. The third-order valence-corrected chi connectivity index (χ3v) is 6.08. The quantitative estimate of drug-likeness (QED) is 0.886. The smallest absolute Gasteiger partial charge is 0.254 e. The Morgan fingerprint density at radius 1 is 1.07 bits per heavy atom. The summed E-state index contributed by atoms with van der Waals surface area (Å²) in [6.07, 6.45) is 5.16. The fraction of sp³-hybridized carbons (Fsp3) is 0.455. The molecular weight excluding hydrogens is 352 g/mol. The van der Waals surface area contributed by atoms with Crippen LogP contribution in [0.2, 0.25) is 0 Å². The van der Waals surface area contributed by atoms with Crippen molar-refractivity contribution in [3.8, 4) is 11.1 Å². The number of nitrogens with zero attached hydrogens (tertiary/aromatic N) is 3. The van der Waals surface area contributed by atoms with Gasteiger partial charge in [-0.2, -0.15) is 0 Å². The van der Waals surface area contributed by atoms with Crippen LogP contribution in [0.4, 0.5) is 5.69 Å². The first-order valence-electron chi connectivity index (χ1n) is 10.2. The fourth-order valence-electron chi connectivity index (χ4n) is 4.56. The van der Waals surface area contributed by atoms with Gasteiger partial charge >= 0.3 is 0 Å². The predicted octanol–water partition coefficient (Wildman–Crippen LogP) is 2.02. The van der Waals surface area contributed by atoms with Gasteiger partial charge in [0.1, 0.15) is 0 Å². The number of nitrogens with one attached hydrogen (secondary N) is 1. The van der Waals surface area contributed by atoms with Gasteiger partial charge in [-0.05, 0) is 36.1 Å². The zero-order valence-corrected chi connectivity index (χ0v) is 16.0. The van der Waals surface area contributed by atoms with Crippen LogP contribution in [0.15, 0.2) is 42.7 Å². The molecule has 6 heteroatoms. The van der Waals surface area contributed by atoms with Crippen LogP contribution in [0.25, 0.3) is 11.1 Å². The second-order valence-corrected chi connectivity index (χ2v) is 8.03. The van der Waals surface area contributed by atoms with Gasteiger partial charge in [0.25, 0.3) is 5.91 Å². The molecule has 3 aliphatic heterocycles. The number of fused-ring (bicyclic) bond motifs is 2. The first kappa shape index (κ1) is 17.6. The van der Waals surface area contributed by atoms with Gasteiger partial charge in [0.15, 0.2) is 0 Å². The standard InChI is InChI=1S/C22H26N4O2/c27-22(25-5-7-28-8-6-25)18-3-1-17(2-4-18)19-10-21(13-23-12-19)26-14-16-9-20(15-26)24-11-16/h1-4,10,12-13,16,20,24H,5-9,11,14-15H2. The lowest BCUT2D eigenvalue weighted by atomic mass is 9.99. The zero-order chi connectivity index (χ0) is 18.9. The van der Waals surface area contributed by atoms with Crippen LogP contribution in [-0.4, -0.2) is 67.8 Å². The number of carbonyl (C=O) groups excluding carboxylic acids is 1. The molecule has 1 aromatic heterocycles. The van der Waals surface area contributed by atoms with Crippen molar-refractivity contribution in [3.63, 3.8) is 0 Å². The molecule has 3 saturated heterocycles. The van der Waals surface area contributed by atoms with Crippen LogP contribution >= 0.6 is 0 Å². The Bertz CT molecular complexity index is 836. The molecule has 1 N–H and O–H groups in total. The van der Waals surface area contributed by atoms with E-state index in [1.165, 1.54) is 12.1 Å². The number of ether oxygens (including phenoxy) is 1. The molecule has 4 heterocycles. The van der Waals surface area contributed by atoms with E-state index in [0.717, 1.165) is 42.2 Å². The topological polar surface area (TPSA) is 57.7 Å². The molecule has 2 aromatic rings. The molecule has 1 aromatic carbocycles. The van der Waals surface area contributed by atoms with Crippen molar-refractivity contribution in [2.24, 2.45) is 5.92 Å². The van der Waals surface area contributed by atoms with E-state index < -0.39 is 0 Å². The molecule has 2 unspecified atom stereocenters. The minimum Gasteiger partial charge on any atom is -0.378 e. The number of amides is 1. The molecule has 1 amide bonds. The summed E-state index contributed by atoms with van der Waals surface area (Å²) >= 11 is 0. The summed E-state index contributed by atoms with van der Waals surface area (Å²) < 4.78 is 5.33. The lowest BCUT2D eigenvalue weighted by molar-refractivity contribution is 0.0303. The highest BCUT2D eigenvalue weighted by atomic mass is 16.5. The number of morpholine rings is 1. The van der Waals surface area contributed by atoms with Crippen molar-refractivity contribution in [1.82, 2.24) is 15.2 Å². The second kappa shape index (κ2) is 7.53. The largest absolute Gasteiger partial charge is 0.378 e. The van der Waals surface area contributed by atoms with Crippen LogP contribution in [0.3, 0.4) is 0 Å². The fourth-order valence-corrected chi connectivity index (χ4v) is 4.56. The van der Waals surface area contributed by atoms with E-state index in [4.69, 9.17) is 4.74 Å². The Kier molecular flexibility index (Phi) is 4.74. The van der Waals surface area contributed by atoms with Crippen LogP contribution < -0.4 is 10.2 Å². The zero-order valence-electron chi connectivity index (χ0n) is 16.0. The molecule has 146 valence electrons. The highest BCUT2D eigenvalue weighted by Crippen LogP contribution is 2.29. The summed E-state index contributed by atoms with van der Waals surface area (Å²) in [5.41, 5.74) is 4.09. The van der Waals surface area contributed by atoms with Gasteiger partial charge in [0.05, 0.1) is 25.1 Å². The maximum Gasteiger partial charge on any atom is 0.254 e. The lowest BCUT2D eigenvalue weighted by Gasteiger charge is -2.32. The number of aromatic nitrogens is 1. The van der Waals surface area contributed by atoms with E-state index >= 15 is 0 Å². The Morgan fingerprint density at radius 2 is 1.89 bits per heavy atom. The number of rotatable bonds is 3. The molecular formula is C22H26N4O2. The summed E-state index contributed by atoms with van der Waals surface area (Å²) in [7, 11) is 0. The average molecular weight is 378 g/mol. The first-order valence-corrected chi connectivity index (χ1v) is 10.2. The van der Waals surface area contributed by atoms with Crippen molar-refractivity contribution in [1.29, 1.82) is 0 Å². The Labute approximate surface area is 165 Å². The Morgan fingerprint density at radius 3 is 2.68 bits per heavy atom. The van der Waals surface area contributed by atoms with Crippen molar-refractivity contribution in [2.45, 2.75) is 12.5 Å². The lowest BCUT2D eigenvalue weighted by Crippen LogP contribution is -2.41. The van der Waals surface area contributed by atoms with Crippen LogP contribution in [0, 0.1) is 5.92 Å². The predicted molar refractivity (Wildman–Crippen MR) is 109 cm³/mol. The van der Waals surface area contributed by atoms with E-state index in [2.05, 4.69) is 21.3 Å². The number of anilines is 1. The Hall–Kier alpha value is -2.44. The van der Waals surface area contributed by atoms with Gasteiger partial charge < -0.3 is 19.9 Å². The molecule has 0 spiro atoms. The van der Waals surface area contributed by atoms with Crippen LogP contribution in [-0.2, 0) is 4.74 Å². The third kappa shape index (κ3) is 3.50. The molecule has 3 aliphatic rings. The number of carbonyl (C=O) groups is 1. The van der Waals surface area contributed by atoms with Gasteiger partial charge in [-0.25, -0.2) is 0 Å². The molecule has 0 saturated carbocycles. The SMILES string of the molecule is O=C(c1ccc(-c2cncc(N3CC4CNC(C4)C3)c2)cc1)N1CCOCC1. The number of hydrogen-bond donors (Lipinski definition) is 1. The first-order chi connectivity index (χ1) is 13.8. The van der Waals surface area contributed by atoms with Crippen molar-refractivity contribution in [2.75, 3.05) is 50.8 Å². The van der Waals surface area contributed by atoms with Crippen molar-refractivity contribution < 1.29 is 9.53 Å². The summed E-state index contributed by atoms with van der Waals surface area (Å²) in [6.45, 7) is 5.85. The third-order valence-electron chi connectivity index (χ3n) is 6.08. The summed E-state index contributed by atoms with van der Waals surface area (Å²) in [5, 5.41) is 3.60. The molecule has 0 radical (unpaired) electrons. The number of pyridine rings is 1. The van der Waals surface area contributed by atoms with Crippen LogP contribution in [0.1, 0.15) is 16.8 Å². The number of piperidine rings is 1. The molecule has 3 fully saturated rings. The van der Waals surface area contributed by atoms with Gasteiger partial charge in [-0.1, -0.05) is 12.1 Å². The highest BCUT2D eigenvalue weighted by Gasteiger charge is 2.32. The van der Waals surface area contributed by atoms with E-state index in [9.17, 15) is 4.79 Å². The molecule has 2 bridgehead atoms. The van der Waals surface area contributed by atoms with E-state index in [1.807, 2.05) is 41.6 Å². The normalized spacial score (nSPS) is 24.4. The van der Waals surface area contributed by atoms with Gasteiger partial charge in [0, 0.05) is 56.1 Å². The van der Waals surface area contributed by atoms with Crippen LogP contribution in [0.5, 0.6) is 0 Å². The maximum atomic E-state index is 12.6. The molecule has 5 rings (SSSR count). The van der Waals surface area contributed by atoms with Gasteiger partial charge in [0.2, 0.25) is 0 Å². The van der Waals surface area contributed by atoms with E-state index in [1.54, 1.807) is 0 Å². The van der Waals surface area contributed by atoms with E-state index in [0.29, 0.717) is 32.3 Å². The summed E-state index contributed by atoms with van der Waals surface area (Å²) in [6, 6.07) is 10.7. The second-order valence-electron chi connectivity index (χ2n) is 8.03.